The lowest BCUT2D eigenvalue weighted by atomic mass is 9.98. The number of carbonyl (C=O) groups is 1. The Morgan fingerprint density at radius 1 is 0.950 bits per heavy atom. The van der Waals surface area contributed by atoms with Crippen molar-refractivity contribution >= 4 is 11.6 Å². The summed E-state index contributed by atoms with van der Waals surface area (Å²) in [7, 11) is 0. The van der Waals surface area contributed by atoms with Crippen molar-refractivity contribution in [3.63, 3.8) is 0 Å². The third-order valence-electron chi connectivity index (χ3n) is 4.28. The van der Waals surface area contributed by atoms with Crippen LogP contribution in [0.25, 0.3) is 11.1 Å². The van der Waals surface area contributed by atoms with Gasteiger partial charge in [-0.05, 0) is 36.0 Å². The topological polar surface area (TPSA) is 20.3 Å². The van der Waals surface area contributed by atoms with Crippen LogP contribution in [0.3, 0.4) is 0 Å². The maximum Gasteiger partial charge on any atom is 0.231 e. The number of hydrogen-bond acceptors (Lipinski definition) is 1. The number of rotatable bonds is 2. The highest BCUT2D eigenvalue weighted by molar-refractivity contribution is 6.02. The van der Waals surface area contributed by atoms with Gasteiger partial charge in [0.05, 0.1) is 12.1 Å². The van der Waals surface area contributed by atoms with E-state index in [2.05, 4.69) is 36.4 Å². The molecule has 1 saturated carbocycles. The summed E-state index contributed by atoms with van der Waals surface area (Å²) in [5.74, 6) is 0.933. The summed E-state index contributed by atoms with van der Waals surface area (Å²) in [5, 5.41) is 0. The Morgan fingerprint density at radius 3 is 2.45 bits per heavy atom. The Labute approximate surface area is 119 Å². The first-order valence-electron chi connectivity index (χ1n) is 7.30. The van der Waals surface area contributed by atoms with Crippen LogP contribution in [0.15, 0.2) is 48.5 Å². The van der Waals surface area contributed by atoms with Gasteiger partial charge in [0.1, 0.15) is 0 Å². The highest BCUT2D eigenvalue weighted by Gasteiger charge is 2.31. The molecule has 1 aliphatic heterocycles. The summed E-state index contributed by atoms with van der Waals surface area (Å²) >= 11 is 0. The fourth-order valence-corrected chi connectivity index (χ4v) is 3.03. The monoisotopic (exact) mass is 263 g/mol. The van der Waals surface area contributed by atoms with Crippen molar-refractivity contribution in [2.24, 2.45) is 5.92 Å². The quantitative estimate of drug-likeness (QED) is 0.810. The molecule has 0 unspecified atom stereocenters. The van der Waals surface area contributed by atoms with Gasteiger partial charge in [0.2, 0.25) is 5.91 Å². The molecule has 4 rings (SSSR count). The number of para-hydroxylation sites is 1. The van der Waals surface area contributed by atoms with Crippen LogP contribution in [0, 0.1) is 5.92 Å². The van der Waals surface area contributed by atoms with Crippen molar-refractivity contribution in [2.45, 2.75) is 19.3 Å². The number of amides is 1. The average molecular weight is 263 g/mol. The molecule has 1 fully saturated rings. The van der Waals surface area contributed by atoms with E-state index in [1.54, 1.807) is 0 Å². The maximum absolute atomic E-state index is 12.6. The van der Waals surface area contributed by atoms with Gasteiger partial charge in [-0.1, -0.05) is 42.5 Å². The highest BCUT2D eigenvalue weighted by atomic mass is 16.2. The van der Waals surface area contributed by atoms with Gasteiger partial charge >= 0.3 is 0 Å². The first-order chi connectivity index (χ1) is 9.83. The molecule has 0 spiro atoms. The normalized spacial score (nSPS) is 17.4. The molecular formula is C18H17NO. The molecule has 100 valence electrons. The van der Waals surface area contributed by atoms with E-state index in [1.165, 1.54) is 24.0 Å². The van der Waals surface area contributed by atoms with Crippen LogP contribution in [-0.4, -0.2) is 12.5 Å². The Kier molecular flexibility index (Phi) is 2.62. The second kappa shape index (κ2) is 4.48. The van der Waals surface area contributed by atoms with Gasteiger partial charge in [-0.3, -0.25) is 4.79 Å². The summed E-state index contributed by atoms with van der Waals surface area (Å²) in [6.07, 6.45) is 3.04. The van der Waals surface area contributed by atoms with Crippen molar-refractivity contribution in [3.05, 3.63) is 54.1 Å². The van der Waals surface area contributed by atoms with Gasteiger partial charge < -0.3 is 4.90 Å². The molecule has 2 heteroatoms. The molecule has 0 radical (unpaired) electrons. The summed E-state index contributed by atoms with van der Waals surface area (Å²) in [5.41, 5.74) is 4.61. The minimum absolute atomic E-state index is 0.231. The number of fused-ring (bicyclic) bond motifs is 3. The van der Waals surface area contributed by atoms with E-state index in [1.807, 2.05) is 17.0 Å². The molecule has 0 saturated heterocycles. The van der Waals surface area contributed by atoms with Gasteiger partial charge in [-0.2, -0.15) is 0 Å². The molecule has 20 heavy (non-hydrogen) atoms. The molecule has 1 aliphatic carbocycles. The lowest BCUT2D eigenvalue weighted by Crippen LogP contribution is -2.33. The molecule has 0 aromatic heterocycles. The molecule has 2 aromatic carbocycles. The number of benzene rings is 2. The zero-order valence-electron chi connectivity index (χ0n) is 11.4. The van der Waals surface area contributed by atoms with E-state index in [9.17, 15) is 4.79 Å². The predicted octanol–water partition coefficient (Wildman–Crippen LogP) is 3.65. The van der Waals surface area contributed by atoms with E-state index in [4.69, 9.17) is 0 Å². The zero-order valence-corrected chi connectivity index (χ0v) is 11.4. The minimum atomic E-state index is 0.231. The largest absolute Gasteiger partial charge is 0.311 e. The van der Waals surface area contributed by atoms with Crippen LogP contribution in [0.1, 0.15) is 18.4 Å². The molecule has 2 aromatic rings. The summed E-state index contributed by atoms with van der Waals surface area (Å²) in [6.45, 7) is 0.879. The van der Waals surface area contributed by atoms with Crippen molar-refractivity contribution in [1.29, 1.82) is 0 Å². The van der Waals surface area contributed by atoms with Crippen molar-refractivity contribution < 1.29 is 4.79 Å². The Bertz CT molecular complexity index is 673. The molecule has 2 nitrogen and oxygen atoms in total. The lowest BCUT2D eigenvalue weighted by molar-refractivity contribution is -0.118. The molecule has 0 bridgehead atoms. The maximum atomic E-state index is 12.6. The fourth-order valence-electron chi connectivity index (χ4n) is 3.03. The van der Waals surface area contributed by atoms with E-state index >= 15 is 0 Å². The number of hydrogen-bond donors (Lipinski definition) is 0. The van der Waals surface area contributed by atoms with Crippen LogP contribution in [0.4, 0.5) is 5.69 Å². The van der Waals surface area contributed by atoms with Crippen molar-refractivity contribution in [1.82, 2.24) is 0 Å². The molecule has 1 amide bonds. The molecule has 2 aliphatic rings. The Hall–Kier alpha value is -2.09. The smallest absolute Gasteiger partial charge is 0.231 e. The molecule has 0 atom stereocenters. The summed E-state index contributed by atoms with van der Waals surface area (Å²) in [4.78, 5) is 14.6. The third-order valence-corrected chi connectivity index (χ3v) is 4.28. The van der Waals surface area contributed by atoms with Gasteiger partial charge in [0.15, 0.2) is 0 Å². The first-order valence-corrected chi connectivity index (χ1v) is 7.30. The van der Waals surface area contributed by atoms with Crippen molar-refractivity contribution in [2.75, 3.05) is 11.4 Å². The third kappa shape index (κ3) is 1.92. The van der Waals surface area contributed by atoms with Crippen LogP contribution in [0.2, 0.25) is 0 Å². The predicted molar refractivity (Wildman–Crippen MR) is 80.7 cm³/mol. The van der Waals surface area contributed by atoms with Crippen molar-refractivity contribution in [3.8, 4) is 11.1 Å². The Balaban J connectivity index is 1.88. The molecule has 0 N–H and O–H groups in total. The fraction of sp³-hybridized carbons (Fsp3) is 0.278. The van der Waals surface area contributed by atoms with Gasteiger partial charge in [0.25, 0.3) is 0 Å². The SMILES string of the molecule is O=C1Cc2ccccc2-c2ccccc2N1CC1CC1. The average Bonchev–Trinajstić information content (AvgIpc) is 3.29. The van der Waals surface area contributed by atoms with Gasteiger partial charge in [0, 0.05) is 12.1 Å². The standard InChI is InChI=1S/C18H17NO/c20-18-11-14-5-1-2-6-15(14)16-7-3-4-8-17(16)19(18)12-13-9-10-13/h1-8,13H,9-12H2. The van der Waals surface area contributed by atoms with Crippen LogP contribution >= 0.6 is 0 Å². The summed E-state index contributed by atoms with van der Waals surface area (Å²) < 4.78 is 0. The van der Waals surface area contributed by atoms with Crippen LogP contribution in [-0.2, 0) is 11.2 Å². The van der Waals surface area contributed by atoms with Gasteiger partial charge in [-0.25, -0.2) is 0 Å². The Morgan fingerprint density at radius 2 is 1.65 bits per heavy atom. The number of anilines is 1. The molecular weight excluding hydrogens is 246 g/mol. The highest BCUT2D eigenvalue weighted by Crippen LogP contribution is 2.39. The minimum Gasteiger partial charge on any atom is -0.311 e. The molecule has 1 heterocycles. The van der Waals surface area contributed by atoms with E-state index in [0.717, 1.165) is 17.8 Å². The lowest BCUT2D eigenvalue weighted by Gasteiger charge is -2.23. The van der Waals surface area contributed by atoms with E-state index in [-0.39, 0.29) is 5.91 Å². The zero-order chi connectivity index (χ0) is 13.5. The van der Waals surface area contributed by atoms with Crippen LogP contribution in [0.5, 0.6) is 0 Å². The van der Waals surface area contributed by atoms with E-state index in [0.29, 0.717) is 12.3 Å². The van der Waals surface area contributed by atoms with Gasteiger partial charge in [-0.15, -0.1) is 0 Å². The second-order valence-electron chi connectivity index (χ2n) is 5.80. The first kappa shape index (κ1) is 11.7. The van der Waals surface area contributed by atoms with Crippen LogP contribution < -0.4 is 4.90 Å². The number of carbonyl (C=O) groups excluding carboxylic acids is 1. The number of nitrogens with zero attached hydrogens (tertiary/aromatic N) is 1. The van der Waals surface area contributed by atoms with E-state index < -0.39 is 0 Å². The second-order valence-corrected chi connectivity index (χ2v) is 5.80. The summed E-state index contributed by atoms with van der Waals surface area (Å²) in [6, 6.07) is 16.6.